The van der Waals surface area contributed by atoms with E-state index in [1.807, 2.05) is 0 Å². The highest BCUT2D eigenvalue weighted by Crippen LogP contribution is 2.44. The van der Waals surface area contributed by atoms with Gasteiger partial charge in [-0.05, 0) is 31.2 Å². The molecular formula is C19H23N5O2S. The normalized spacial score (nSPS) is 17.4. The molecule has 1 saturated heterocycles. The van der Waals surface area contributed by atoms with Crippen molar-refractivity contribution in [2.75, 3.05) is 49.7 Å². The second-order valence-electron chi connectivity index (χ2n) is 7.02. The lowest BCUT2D eigenvalue weighted by Crippen LogP contribution is -2.37. The second-order valence-corrected chi connectivity index (χ2v) is 8.04. The number of pyridine rings is 1. The van der Waals surface area contributed by atoms with E-state index < -0.39 is 0 Å². The maximum atomic E-state index is 9.18. The molecule has 0 saturated carbocycles. The summed E-state index contributed by atoms with van der Waals surface area (Å²) in [7, 11) is 0. The van der Waals surface area contributed by atoms with Crippen LogP contribution in [-0.4, -0.2) is 59.5 Å². The Hall–Kier alpha value is -2.03. The van der Waals surface area contributed by atoms with E-state index in [4.69, 9.17) is 9.72 Å². The number of hydrogen-bond donors (Lipinski definition) is 2. The maximum absolute atomic E-state index is 9.18. The molecule has 0 amide bonds. The predicted octanol–water partition coefficient (Wildman–Crippen LogP) is 2.36. The van der Waals surface area contributed by atoms with Crippen LogP contribution in [0.2, 0.25) is 0 Å². The Kier molecular flexibility index (Phi) is 4.55. The lowest BCUT2D eigenvalue weighted by molar-refractivity contribution is 0.122. The number of hydrogen-bond acceptors (Lipinski definition) is 8. The van der Waals surface area contributed by atoms with Crippen LogP contribution in [0.15, 0.2) is 6.33 Å². The number of aryl methyl sites for hydroxylation is 2. The summed E-state index contributed by atoms with van der Waals surface area (Å²) in [6.07, 6.45) is 6.14. The van der Waals surface area contributed by atoms with Gasteiger partial charge in [0.1, 0.15) is 18.0 Å². The molecule has 0 aromatic carbocycles. The first-order chi connectivity index (χ1) is 13.4. The van der Waals surface area contributed by atoms with Crippen molar-refractivity contribution < 1.29 is 9.84 Å². The van der Waals surface area contributed by atoms with Crippen LogP contribution >= 0.6 is 11.3 Å². The van der Waals surface area contributed by atoms with E-state index in [0.717, 1.165) is 61.0 Å². The lowest BCUT2D eigenvalue weighted by Gasteiger charge is -2.29. The zero-order chi connectivity index (χ0) is 18.2. The Morgan fingerprint density at radius 2 is 2.00 bits per heavy atom. The first-order valence-corrected chi connectivity index (χ1v) is 10.4. The van der Waals surface area contributed by atoms with Crippen molar-refractivity contribution in [2.24, 2.45) is 0 Å². The molecule has 2 N–H and O–H groups in total. The van der Waals surface area contributed by atoms with Gasteiger partial charge in [-0.1, -0.05) is 0 Å². The van der Waals surface area contributed by atoms with Crippen molar-refractivity contribution in [3.8, 4) is 0 Å². The number of aliphatic hydroxyl groups is 1. The molecule has 27 heavy (non-hydrogen) atoms. The van der Waals surface area contributed by atoms with Gasteiger partial charge in [0.25, 0.3) is 0 Å². The van der Waals surface area contributed by atoms with Crippen molar-refractivity contribution in [1.29, 1.82) is 0 Å². The largest absolute Gasteiger partial charge is 0.395 e. The maximum Gasteiger partial charge on any atom is 0.147 e. The first-order valence-electron chi connectivity index (χ1n) is 9.63. The summed E-state index contributed by atoms with van der Waals surface area (Å²) in [6.45, 7) is 3.79. The number of fused-ring (bicyclic) bond motifs is 5. The van der Waals surface area contributed by atoms with Gasteiger partial charge >= 0.3 is 0 Å². The summed E-state index contributed by atoms with van der Waals surface area (Å²) in [4.78, 5) is 16.6. The zero-order valence-corrected chi connectivity index (χ0v) is 16.0. The molecule has 0 unspecified atom stereocenters. The second kappa shape index (κ2) is 7.18. The Bertz CT molecular complexity index is 983. The van der Waals surface area contributed by atoms with Crippen LogP contribution in [-0.2, 0) is 17.6 Å². The molecule has 7 nitrogen and oxygen atoms in total. The molecule has 3 aromatic rings. The lowest BCUT2D eigenvalue weighted by atomic mass is 9.93. The SMILES string of the molecule is OCCNc1ncnc2c1sc1c(N3CCOCC3)nc3c(c12)CCCC3. The van der Waals surface area contributed by atoms with Gasteiger partial charge in [-0.3, -0.25) is 0 Å². The molecule has 0 bridgehead atoms. The third-order valence-electron chi connectivity index (χ3n) is 5.37. The molecule has 1 aliphatic heterocycles. The van der Waals surface area contributed by atoms with Crippen molar-refractivity contribution in [3.63, 3.8) is 0 Å². The fraction of sp³-hybridized carbons (Fsp3) is 0.526. The van der Waals surface area contributed by atoms with E-state index in [0.29, 0.717) is 6.54 Å². The van der Waals surface area contributed by atoms with Gasteiger partial charge in [0.05, 0.1) is 34.7 Å². The van der Waals surface area contributed by atoms with E-state index in [1.165, 1.54) is 34.2 Å². The van der Waals surface area contributed by atoms with Gasteiger partial charge < -0.3 is 20.1 Å². The summed E-state index contributed by atoms with van der Waals surface area (Å²) in [5.74, 6) is 1.87. The molecule has 1 fully saturated rings. The molecule has 0 atom stereocenters. The van der Waals surface area contributed by atoms with E-state index in [1.54, 1.807) is 17.7 Å². The van der Waals surface area contributed by atoms with Gasteiger partial charge in [-0.2, -0.15) is 0 Å². The van der Waals surface area contributed by atoms with Gasteiger partial charge in [0.15, 0.2) is 0 Å². The van der Waals surface area contributed by atoms with Gasteiger partial charge in [0.2, 0.25) is 0 Å². The topological polar surface area (TPSA) is 83.4 Å². The number of ether oxygens (including phenoxy) is 1. The highest BCUT2D eigenvalue weighted by molar-refractivity contribution is 7.26. The first kappa shape index (κ1) is 17.1. The summed E-state index contributed by atoms with van der Waals surface area (Å²) in [5.41, 5.74) is 3.62. The van der Waals surface area contributed by atoms with Crippen LogP contribution in [0.25, 0.3) is 20.3 Å². The smallest absolute Gasteiger partial charge is 0.147 e. The van der Waals surface area contributed by atoms with Gasteiger partial charge in [-0.15, -0.1) is 11.3 Å². The quantitative estimate of drug-likeness (QED) is 0.713. The number of anilines is 2. The van der Waals surface area contributed by atoms with Crippen molar-refractivity contribution in [1.82, 2.24) is 15.0 Å². The molecule has 5 rings (SSSR count). The highest BCUT2D eigenvalue weighted by atomic mass is 32.1. The molecule has 2 aliphatic rings. The molecule has 142 valence electrons. The van der Waals surface area contributed by atoms with Crippen LogP contribution in [0.1, 0.15) is 24.1 Å². The molecule has 0 radical (unpaired) electrons. The number of morpholine rings is 1. The summed E-state index contributed by atoms with van der Waals surface area (Å²) >= 11 is 1.72. The Morgan fingerprint density at radius 1 is 1.15 bits per heavy atom. The molecule has 4 heterocycles. The Labute approximate surface area is 161 Å². The highest BCUT2D eigenvalue weighted by Gasteiger charge is 2.26. The number of nitrogens with one attached hydrogen (secondary N) is 1. The standard InChI is InChI=1S/C19H23N5O2S/c25-8-5-20-18-17-15(21-11-22-18)14-12-3-1-2-4-13(12)23-19(16(14)27-17)24-6-9-26-10-7-24/h11,25H,1-10H2,(H,20,21,22). The third kappa shape index (κ3) is 2.92. The summed E-state index contributed by atoms with van der Waals surface area (Å²) < 4.78 is 7.81. The minimum Gasteiger partial charge on any atom is -0.395 e. The molecule has 8 heteroatoms. The van der Waals surface area contributed by atoms with Crippen LogP contribution in [0, 0.1) is 0 Å². The number of aliphatic hydroxyl groups excluding tert-OH is 1. The number of nitrogens with zero attached hydrogens (tertiary/aromatic N) is 4. The molecule has 3 aromatic heterocycles. The molecular weight excluding hydrogens is 362 g/mol. The van der Waals surface area contributed by atoms with Crippen LogP contribution in [0.4, 0.5) is 11.6 Å². The van der Waals surface area contributed by atoms with E-state index in [9.17, 15) is 5.11 Å². The Morgan fingerprint density at radius 3 is 2.85 bits per heavy atom. The molecule has 1 aliphatic carbocycles. The van der Waals surface area contributed by atoms with Gasteiger partial charge in [0, 0.05) is 30.7 Å². The monoisotopic (exact) mass is 385 g/mol. The van der Waals surface area contributed by atoms with Crippen LogP contribution in [0.3, 0.4) is 0 Å². The van der Waals surface area contributed by atoms with E-state index in [2.05, 4.69) is 20.2 Å². The fourth-order valence-corrected chi connectivity index (χ4v) is 5.36. The average Bonchev–Trinajstić information content (AvgIpc) is 3.13. The third-order valence-corrected chi connectivity index (χ3v) is 6.55. The van der Waals surface area contributed by atoms with Crippen molar-refractivity contribution >= 4 is 43.3 Å². The average molecular weight is 385 g/mol. The van der Waals surface area contributed by atoms with E-state index in [-0.39, 0.29) is 6.61 Å². The van der Waals surface area contributed by atoms with Crippen LogP contribution < -0.4 is 10.2 Å². The van der Waals surface area contributed by atoms with Crippen molar-refractivity contribution in [3.05, 3.63) is 17.6 Å². The predicted molar refractivity (Wildman–Crippen MR) is 108 cm³/mol. The van der Waals surface area contributed by atoms with Crippen LogP contribution in [0.5, 0.6) is 0 Å². The summed E-state index contributed by atoms with van der Waals surface area (Å²) in [5, 5.41) is 13.7. The van der Waals surface area contributed by atoms with E-state index >= 15 is 0 Å². The minimum atomic E-state index is 0.0758. The number of rotatable bonds is 4. The molecule has 0 spiro atoms. The minimum absolute atomic E-state index is 0.0758. The van der Waals surface area contributed by atoms with Crippen molar-refractivity contribution in [2.45, 2.75) is 25.7 Å². The zero-order valence-electron chi connectivity index (χ0n) is 15.2. The Balaban J connectivity index is 1.77. The fourth-order valence-electron chi connectivity index (χ4n) is 4.10. The number of thiophene rings is 1. The van der Waals surface area contributed by atoms with Gasteiger partial charge in [-0.25, -0.2) is 15.0 Å². The summed E-state index contributed by atoms with van der Waals surface area (Å²) in [6, 6.07) is 0. The number of aromatic nitrogens is 3.